The lowest BCUT2D eigenvalue weighted by Gasteiger charge is -2.46. The van der Waals surface area contributed by atoms with Gasteiger partial charge in [0.15, 0.2) is 0 Å². The van der Waals surface area contributed by atoms with E-state index in [1.54, 1.807) is 6.07 Å². The fourth-order valence-corrected chi connectivity index (χ4v) is 6.35. The number of aromatic amines is 2. The number of hydrogen-bond donors (Lipinski definition) is 3. The molecule has 6 rings (SSSR count). The molecule has 172 valence electrons. The number of nitrogens with zero attached hydrogens (tertiary/aromatic N) is 3. The molecule has 0 radical (unpaired) electrons. The van der Waals surface area contributed by atoms with Crippen LogP contribution >= 0.6 is 11.3 Å². The average molecular weight is 475 g/mol. The molecule has 1 aliphatic heterocycles. The van der Waals surface area contributed by atoms with Crippen molar-refractivity contribution in [2.24, 2.45) is 5.41 Å². The molecule has 1 saturated heterocycles. The number of nitrogens with one attached hydrogen (secondary N) is 3. The van der Waals surface area contributed by atoms with Crippen LogP contribution in [0.4, 0.5) is 24.7 Å². The summed E-state index contributed by atoms with van der Waals surface area (Å²) in [5, 5.41) is 4.27. The predicted octanol–water partition coefficient (Wildman–Crippen LogP) is 4.44. The van der Waals surface area contributed by atoms with E-state index >= 15 is 0 Å². The average Bonchev–Trinajstić information content (AvgIpc) is 3.41. The topological polar surface area (TPSA) is 89.7 Å². The van der Waals surface area contributed by atoms with E-state index in [-0.39, 0.29) is 16.0 Å². The van der Waals surface area contributed by atoms with Crippen LogP contribution in [-0.4, -0.2) is 45.2 Å². The molecule has 2 fully saturated rings. The van der Waals surface area contributed by atoms with Crippen molar-refractivity contribution in [1.29, 1.82) is 0 Å². The normalized spacial score (nSPS) is 23.0. The molecule has 11 heteroatoms. The number of rotatable bonds is 4. The van der Waals surface area contributed by atoms with Gasteiger partial charge < -0.3 is 20.2 Å². The Kier molecular flexibility index (Phi) is 4.48. The second kappa shape index (κ2) is 7.21. The molecule has 0 amide bonds. The van der Waals surface area contributed by atoms with Gasteiger partial charge in [0, 0.05) is 29.7 Å². The molecule has 3 N–H and O–H groups in total. The lowest BCUT2D eigenvalue weighted by atomic mass is 9.65. The van der Waals surface area contributed by atoms with Crippen LogP contribution in [0.5, 0.6) is 0 Å². The van der Waals surface area contributed by atoms with Crippen molar-refractivity contribution in [2.45, 2.75) is 37.9 Å². The number of hydrogen-bond acceptors (Lipinski definition) is 6. The first-order valence-corrected chi connectivity index (χ1v) is 11.6. The highest BCUT2D eigenvalue weighted by Gasteiger charge is 2.49. The van der Waals surface area contributed by atoms with Gasteiger partial charge in [0.1, 0.15) is 17.0 Å². The molecular formula is C22H21F3N6OS. The summed E-state index contributed by atoms with van der Waals surface area (Å²) in [6.07, 6.45) is -0.664. The standard InChI is InChI=1S/C22H21F3N6OS/c23-22(24,25)9-14-6-15-18(26-11-27-19(15)33-14)31-4-3-21(10-31)7-13(8-21)28-12-1-2-16-17(5-12)30-20(32)29-16/h1-2,5-6,11,13,28H,3-4,7-10H2,(H2,29,30,32). The first-order valence-electron chi connectivity index (χ1n) is 10.8. The molecule has 1 spiro atoms. The summed E-state index contributed by atoms with van der Waals surface area (Å²) >= 11 is 1.09. The number of anilines is 2. The van der Waals surface area contributed by atoms with Gasteiger partial charge in [0.05, 0.1) is 22.8 Å². The lowest BCUT2D eigenvalue weighted by Crippen LogP contribution is -2.46. The Morgan fingerprint density at radius 3 is 2.82 bits per heavy atom. The van der Waals surface area contributed by atoms with Gasteiger partial charge in [0.2, 0.25) is 0 Å². The highest BCUT2D eigenvalue weighted by molar-refractivity contribution is 7.18. The number of thiophene rings is 1. The van der Waals surface area contributed by atoms with E-state index in [9.17, 15) is 18.0 Å². The van der Waals surface area contributed by atoms with E-state index in [1.165, 1.54) is 6.33 Å². The zero-order chi connectivity index (χ0) is 22.8. The highest BCUT2D eigenvalue weighted by atomic mass is 32.1. The number of imidazole rings is 1. The van der Waals surface area contributed by atoms with Crippen LogP contribution in [-0.2, 0) is 6.42 Å². The molecule has 0 bridgehead atoms. The monoisotopic (exact) mass is 474 g/mol. The maximum absolute atomic E-state index is 12.8. The fourth-order valence-electron chi connectivity index (χ4n) is 5.32. The number of halogens is 3. The van der Waals surface area contributed by atoms with Crippen molar-refractivity contribution in [3.63, 3.8) is 0 Å². The van der Waals surface area contributed by atoms with Crippen LogP contribution < -0.4 is 15.9 Å². The summed E-state index contributed by atoms with van der Waals surface area (Å²) in [5.74, 6) is 0.736. The Morgan fingerprint density at radius 1 is 1.18 bits per heavy atom. The largest absolute Gasteiger partial charge is 0.393 e. The summed E-state index contributed by atoms with van der Waals surface area (Å²) in [5.41, 5.74) is 2.50. The molecule has 1 aliphatic carbocycles. The third kappa shape index (κ3) is 3.84. The molecule has 33 heavy (non-hydrogen) atoms. The van der Waals surface area contributed by atoms with Crippen LogP contribution in [0, 0.1) is 5.41 Å². The Labute approximate surface area is 190 Å². The van der Waals surface area contributed by atoms with Crippen molar-refractivity contribution < 1.29 is 13.2 Å². The Morgan fingerprint density at radius 2 is 2.00 bits per heavy atom. The molecule has 4 heterocycles. The van der Waals surface area contributed by atoms with E-state index in [4.69, 9.17) is 0 Å². The quantitative estimate of drug-likeness (QED) is 0.407. The third-order valence-electron chi connectivity index (χ3n) is 6.72. The summed E-state index contributed by atoms with van der Waals surface area (Å²) in [6.45, 7) is 1.67. The number of benzene rings is 1. The minimum atomic E-state index is -4.24. The van der Waals surface area contributed by atoms with Crippen molar-refractivity contribution in [3.05, 3.63) is 46.0 Å². The van der Waals surface area contributed by atoms with Crippen LogP contribution in [0.1, 0.15) is 24.1 Å². The molecule has 4 aromatic rings. The van der Waals surface area contributed by atoms with E-state index in [0.717, 1.165) is 66.2 Å². The first kappa shape index (κ1) is 20.5. The minimum absolute atomic E-state index is 0.187. The van der Waals surface area contributed by atoms with E-state index < -0.39 is 12.6 Å². The molecule has 1 saturated carbocycles. The zero-order valence-corrected chi connectivity index (χ0v) is 18.3. The van der Waals surface area contributed by atoms with Gasteiger partial charge in [-0.2, -0.15) is 13.2 Å². The number of fused-ring (bicyclic) bond motifs is 2. The Hall–Kier alpha value is -3.08. The van der Waals surface area contributed by atoms with Crippen LogP contribution in [0.3, 0.4) is 0 Å². The lowest BCUT2D eigenvalue weighted by molar-refractivity contribution is -0.126. The SMILES string of the molecule is O=c1[nH]c2ccc(NC3CC4(CCN(c5ncnc6sc(CC(F)(F)F)cc56)C4)C3)cc2[nH]1. The Balaban J connectivity index is 1.14. The van der Waals surface area contributed by atoms with Crippen molar-refractivity contribution in [1.82, 2.24) is 19.9 Å². The zero-order valence-electron chi connectivity index (χ0n) is 17.5. The van der Waals surface area contributed by atoms with E-state index in [1.807, 2.05) is 18.2 Å². The second-order valence-corrected chi connectivity index (χ2v) is 10.3. The maximum atomic E-state index is 12.8. The Bertz CT molecular complexity index is 1400. The van der Waals surface area contributed by atoms with Crippen LogP contribution in [0.15, 0.2) is 35.4 Å². The first-order chi connectivity index (χ1) is 15.8. The molecule has 0 unspecified atom stereocenters. The molecule has 2 aliphatic rings. The van der Waals surface area contributed by atoms with Crippen LogP contribution in [0.25, 0.3) is 21.3 Å². The maximum Gasteiger partial charge on any atom is 0.393 e. The summed E-state index contributed by atoms with van der Waals surface area (Å²) in [6, 6.07) is 7.73. The smallest absolute Gasteiger partial charge is 0.382 e. The molecule has 1 aromatic carbocycles. The molecule has 0 atom stereocenters. The van der Waals surface area contributed by atoms with Gasteiger partial charge in [0.25, 0.3) is 0 Å². The number of alkyl halides is 3. The summed E-state index contributed by atoms with van der Waals surface area (Å²) in [7, 11) is 0. The van der Waals surface area contributed by atoms with Gasteiger partial charge in [-0.1, -0.05) is 0 Å². The van der Waals surface area contributed by atoms with Crippen molar-refractivity contribution in [3.8, 4) is 0 Å². The second-order valence-electron chi connectivity index (χ2n) is 9.18. The van der Waals surface area contributed by atoms with E-state index in [0.29, 0.717) is 16.3 Å². The van der Waals surface area contributed by atoms with Gasteiger partial charge in [-0.25, -0.2) is 14.8 Å². The highest BCUT2D eigenvalue weighted by Crippen LogP contribution is 2.50. The van der Waals surface area contributed by atoms with Gasteiger partial charge in [-0.05, 0) is 48.9 Å². The molecule has 7 nitrogen and oxygen atoms in total. The fraction of sp³-hybridized carbons (Fsp3) is 0.409. The van der Waals surface area contributed by atoms with Crippen molar-refractivity contribution in [2.75, 3.05) is 23.3 Å². The number of aromatic nitrogens is 4. The minimum Gasteiger partial charge on any atom is -0.382 e. The van der Waals surface area contributed by atoms with Gasteiger partial charge in [-0.3, -0.25) is 0 Å². The number of H-pyrrole nitrogens is 2. The van der Waals surface area contributed by atoms with Gasteiger partial charge >= 0.3 is 11.9 Å². The molecular weight excluding hydrogens is 453 g/mol. The van der Waals surface area contributed by atoms with Crippen LogP contribution in [0.2, 0.25) is 0 Å². The molecule has 3 aromatic heterocycles. The third-order valence-corrected chi connectivity index (χ3v) is 7.76. The van der Waals surface area contributed by atoms with E-state index in [2.05, 4.69) is 30.2 Å². The predicted molar refractivity (Wildman–Crippen MR) is 122 cm³/mol. The summed E-state index contributed by atoms with van der Waals surface area (Å²) < 4.78 is 38.5. The van der Waals surface area contributed by atoms with Crippen molar-refractivity contribution >= 4 is 44.1 Å². The summed E-state index contributed by atoms with van der Waals surface area (Å²) in [4.78, 5) is 28.7. The van der Waals surface area contributed by atoms with Gasteiger partial charge in [-0.15, -0.1) is 11.3 Å².